The van der Waals surface area contributed by atoms with Gasteiger partial charge in [-0.3, -0.25) is 10.2 Å². The minimum atomic E-state index is -0.165. The van der Waals surface area contributed by atoms with E-state index in [0.717, 1.165) is 23.3 Å². The molecule has 1 amide bonds. The summed E-state index contributed by atoms with van der Waals surface area (Å²) < 4.78 is 2.12. The highest BCUT2D eigenvalue weighted by molar-refractivity contribution is 5.78. The van der Waals surface area contributed by atoms with Gasteiger partial charge in [0.15, 0.2) is 0 Å². The number of carbonyl (C=O) groups is 1. The van der Waals surface area contributed by atoms with Crippen LogP contribution in [0.4, 0.5) is 0 Å². The number of nitrogens with zero attached hydrogens (tertiary/aromatic N) is 2. The fraction of sp³-hybridized carbons (Fsp3) is 0.385. The van der Waals surface area contributed by atoms with Crippen LogP contribution in [-0.4, -0.2) is 15.5 Å². The molecule has 2 rings (SSSR count). The van der Waals surface area contributed by atoms with Crippen LogP contribution in [-0.2, 0) is 11.2 Å². The summed E-state index contributed by atoms with van der Waals surface area (Å²) in [7, 11) is 0. The van der Waals surface area contributed by atoms with Crippen LogP contribution in [0.3, 0.4) is 0 Å². The molecular weight excluding hydrogens is 228 g/mol. The smallest absolute Gasteiger partial charge is 0.235 e. The maximum absolute atomic E-state index is 11.4. The number of imidazole rings is 1. The maximum Gasteiger partial charge on any atom is 0.235 e. The number of nitrogens with one attached hydrogen (secondary N) is 1. The number of aromatic nitrogens is 2. The fourth-order valence-corrected chi connectivity index (χ4v) is 2.25. The molecule has 5 heteroatoms. The molecule has 0 fully saturated rings. The number of amides is 1. The van der Waals surface area contributed by atoms with Gasteiger partial charge in [0.25, 0.3) is 0 Å². The van der Waals surface area contributed by atoms with E-state index in [0.29, 0.717) is 6.42 Å². The summed E-state index contributed by atoms with van der Waals surface area (Å²) in [5, 5.41) is 0. The van der Waals surface area contributed by atoms with E-state index >= 15 is 0 Å². The van der Waals surface area contributed by atoms with Crippen molar-refractivity contribution in [3.63, 3.8) is 0 Å². The molecule has 96 valence electrons. The lowest BCUT2D eigenvalue weighted by molar-refractivity contribution is -0.121. The van der Waals surface area contributed by atoms with E-state index in [1.807, 2.05) is 31.2 Å². The first-order valence-electron chi connectivity index (χ1n) is 6.12. The van der Waals surface area contributed by atoms with Gasteiger partial charge in [-0.1, -0.05) is 19.1 Å². The summed E-state index contributed by atoms with van der Waals surface area (Å²) in [6, 6.07) is 8.00. The first-order valence-corrected chi connectivity index (χ1v) is 6.12. The highest BCUT2D eigenvalue weighted by Gasteiger charge is 2.16. The molecule has 0 bridgehead atoms. The molecule has 0 spiro atoms. The highest BCUT2D eigenvalue weighted by Crippen LogP contribution is 2.23. The zero-order chi connectivity index (χ0) is 13.1. The van der Waals surface area contributed by atoms with Crippen molar-refractivity contribution < 1.29 is 4.79 Å². The number of benzene rings is 1. The van der Waals surface area contributed by atoms with Crippen LogP contribution in [0.15, 0.2) is 24.3 Å². The molecule has 3 N–H and O–H groups in total. The zero-order valence-corrected chi connectivity index (χ0v) is 10.7. The largest absolute Gasteiger partial charge is 0.325 e. The van der Waals surface area contributed by atoms with E-state index in [2.05, 4.69) is 21.9 Å². The van der Waals surface area contributed by atoms with Gasteiger partial charge in [-0.25, -0.2) is 10.8 Å². The van der Waals surface area contributed by atoms with Gasteiger partial charge in [0.1, 0.15) is 5.82 Å². The second-order valence-corrected chi connectivity index (χ2v) is 4.36. The number of carbonyl (C=O) groups excluding carboxylic acids is 1. The number of para-hydroxylation sites is 2. The molecule has 1 aromatic carbocycles. The predicted octanol–water partition coefficient (Wildman–Crippen LogP) is 1.54. The van der Waals surface area contributed by atoms with Crippen molar-refractivity contribution in [2.24, 2.45) is 5.84 Å². The number of fused-ring (bicyclic) bond motifs is 1. The van der Waals surface area contributed by atoms with Crippen molar-refractivity contribution in [1.29, 1.82) is 0 Å². The van der Waals surface area contributed by atoms with E-state index in [1.165, 1.54) is 0 Å². The number of hydrazine groups is 1. The summed E-state index contributed by atoms with van der Waals surface area (Å²) in [5.41, 5.74) is 4.20. The minimum Gasteiger partial charge on any atom is -0.325 e. The summed E-state index contributed by atoms with van der Waals surface area (Å²) in [6.07, 6.45) is 1.19. The fourth-order valence-electron chi connectivity index (χ4n) is 2.25. The topological polar surface area (TPSA) is 72.9 Å². The number of aryl methyl sites for hydroxylation is 1. The third-order valence-corrected chi connectivity index (χ3v) is 3.07. The van der Waals surface area contributed by atoms with Crippen LogP contribution < -0.4 is 11.3 Å². The lowest BCUT2D eigenvalue weighted by atomic mass is 10.2. The van der Waals surface area contributed by atoms with Crippen molar-refractivity contribution in [1.82, 2.24) is 15.0 Å². The van der Waals surface area contributed by atoms with Gasteiger partial charge in [0.2, 0.25) is 5.91 Å². The van der Waals surface area contributed by atoms with E-state index in [4.69, 9.17) is 5.84 Å². The van der Waals surface area contributed by atoms with E-state index in [9.17, 15) is 4.79 Å². The van der Waals surface area contributed by atoms with Crippen molar-refractivity contribution in [3.05, 3.63) is 30.1 Å². The molecule has 0 saturated heterocycles. The van der Waals surface area contributed by atoms with Crippen molar-refractivity contribution in [2.75, 3.05) is 0 Å². The molecule has 2 aromatic rings. The second-order valence-electron chi connectivity index (χ2n) is 4.36. The SMILES string of the molecule is CCc1nc2ccccc2n1C(C)CC(=O)NN. The summed E-state index contributed by atoms with van der Waals surface area (Å²) in [6.45, 7) is 4.07. The van der Waals surface area contributed by atoms with Crippen LogP contribution in [0, 0.1) is 0 Å². The van der Waals surface area contributed by atoms with Gasteiger partial charge in [0.05, 0.1) is 11.0 Å². The molecule has 5 nitrogen and oxygen atoms in total. The molecule has 1 atom stereocenters. The Morgan fingerprint density at radius 3 is 2.89 bits per heavy atom. The molecule has 18 heavy (non-hydrogen) atoms. The van der Waals surface area contributed by atoms with Crippen LogP contribution >= 0.6 is 0 Å². The molecular formula is C13H18N4O. The Morgan fingerprint density at radius 2 is 2.22 bits per heavy atom. The second kappa shape index (κ2) is 5.18. The van der Waals surface area contributed by atoms with Crippen LogP contribution in [0.1, 0.15) is 32.1 Å². The Labute approximate surface area is 106 Å². The first-order chi connectivity index (χ1) is 8.67. The Bertz CT molecular complexity index is 561. The third-order valence-electron chi connectivity index (χ3n) is 3.07. The molecule has 1 unspecified atom stereocenters. The number of nitrogens with two attached hydrogens (primary N) is 1. The lowest BCUT2D eigenvalue weighted by Gasteiger charge is -2.16. The average molecular weight is 246 g/mol. The van der Waals surface area contributed by atoms with Crippen LogP contribution in [0.25, 0.3) is 11.0 Å². The first kappa shape index (κ1) is 12.6. The van der Waals surface area contributed by atoms with Gasteiger partial charge in [-0.15, -0.1) is 0 Å². The molecule has 0 aliphatic heterocycles. The summed E-state index contributed by atoms with van der Waals surface area (Å²) in [4.78, 5) is 16.0. The van der Waals surface area contributed by atoms with Gasteiger partial charge < -0.3 is 4.57 Å². The summed E-state index contributed by atoms with van der Waals surface area (Å²) in [5.74, 6) is 5.96. The van der Waals surface area contributed by atoms with Crippen molar-refractivity contribution >= 4 is 16.9 Å². The van der Waals surface area contributed by atoms with E-state index < -0.39 is 0 Å². The molecule has 0 saturated carbocycles. The van der Waals surface area contributed by atoms with Crippen LogP contribution in [0.5, 0.6) is 0 Å². The van der Waals surface area contributed by atoms with E-state index in [1.54, 1.807) is 0 Å². The summed E-state index contributed by atoms with van der Waals surface area (Å²) >= 11 is 0. The van der Waals surface area contributed by atoms with Gasteiger partial charge >= 0.3 is 0 Å². The van der Waals surface area contributed by atoms with Crippen molar-refractivity contribution in [3.8, 4) is 0 Å². The Balaban J connectivity index is 2.44. The number of hydrogen-bond donors (Lipinski definition) is 2. The average Bonchev–Trinajstić information content (AvgIpc) is 2.76. The minimum absolute atomic E-state index is 0.0379. The lowest BCUT2D eigenvalue weighted by Crippen LogP contribution is -2.31. The van der Waals surface area contributed by atoms with Gasteiger partial charge in [0, 0.05) is 18.9 Å². The van der Waals surface area contributed by atoms with Gasteiger partial charge in [-0.2, -0.15) is 0 Å². The molecule has 0 aliphatic rings. The molecule has 0 radical (unpaired) electrons. The number of hydrogen-bond acceptors (Lipinski definition) is 3. The van der Waals surface area contributed by atoms with Crippen molar-refractivity contribution in [2.45, 2.75) is 32.7 Å². The molecule has 1 heterocycles. The monoisotopic (exact) mass is 246 g/mol. The Kier molecular flexibility index (Phi) is 3.62. The van der Waals surface area contributed by atoms with Gasteiger partial charge in [-0.05, 0) is 19.1 Å². The Hall–Kier alpha value is -1.88. The normalized spacial score (nSPS) is 12.6. The molecule has 0 aliphatic carbocycles. The predicted molar refractivity (Wildman–Crippen MR) is 70.8 cm³/mol. The standard InChI is InChI=1S/C13H18N4O/c1-3-12-15-10-6-4-5-7-11(10)17(12)9(2)8-13(18)16-14/h4-7,9H,3,8,14H2,1-2H3,(H,16,18). The third kappa shape index (κ3) is 2.22. The maximum atomic E-state index is 11.4. The molecule has 1 aromatic heterocycles. The quantitative estimate of drug-likeness (QED) is 0.488. The number of rotatable bonds is 4. The van der Waals surface area contributed by atoms with E-state index in [-0.39, 0.29) is 11.9 Å². The Morgan fingerprint density at radius 1 is 1.50 bits per heavy atom. The zero-order valence-electron chi connectivity index (χ0n) is 10.7. The van der Waals surface area contributed by atoms with Crippen LogP contribution in [0.2, 0.25) is 0 Å². The highest BCUT2D eigenvalue weighted by atomic mass is 16.2.